The Morgan fingerprint density at radius 2 is 1.62 bits per heavy atom. The molecule has 2 aromatic rings. The fraction of sp³-hybridized carbons (Fsp3) is 0.407. The van der Waals surface area contributed by atoms with Crippen LogP contribution in [0.25, 0.3) is 5.76 Å². The van der Waals surface area contributed by atoms with Crippen LogP contribution in [0.2, 0.25) is 0 Å². The van der Waals surface area contributed by atoms with E-state index in [-0.39, 0.29) is 16.7 Å². The molecule has 2 N–H and O–H groups in total. The van der Waals surface area contributed by atoms with Crippen molar-refractivity contribution in [3.05, 3.63) is 64.7 Å². The van der Waals surface area contributed by atoms with Crippen LogP contribution in [0.5, 0.6) is 11.5 Å². The minimum absolute atomic E-state index is 0.0335. The van der Waals surface area contributed by atoms with Crippen molar-refractivity contribution < 1.29 is 29.1 Å². The minimum atomic E-state index is -0.689. The zero-order chi connectivity index (χ0) is 25.2. The van der Waals surface area contributed by atoms with Crippen molar-refractivity contribution in [1.29, 1.82) is 0 Å². The average molecular weight is 468 g/mol. The standard InChI is InChI=1S/C27H34N2O5/c1-27(2,3)19-11-8-17(9-12-19)23-22(25(31)26(32)29(23)15-14-28(4)5)24(30)18-10-13-20(33-6)21(16-18)34-7/h8-13,16,23,30H,14-15H2,1-7H3/p+1/t23-/m0/s1. The molecular formula is C27H35N2O5+. The van der Waals surface area contributed by atoms with Gasteiger partial charge in [0.25, 0.3) is 11.7 Å². The third kappa shape index (κ3) is 4.94. The maximum Gasteiger partial charge on any atom is 0.295 e. The number of methoxy groups -OCH3 is 2. The summed E-state index contributed by atoms with van der Waals surface area (Å²) >= 11 is 0. The number of nitrogens with zero attached hydrogens (tertiary/aromatic N) is 1. The van der Waals surface area contributed by atoms with Crippen LogP contribution in [-0.4, -0.2) is 63.1 Å². The number of carbonyl (C=O) groups is 2. The topological polar surface area (TPSA) is 80.5 Å². The highest BCUT2D eigenvalue weighted by Crippen LogP contribution is 2.41. The summed E-state index contributed by atoms with van der Waals surface area (Å²) in [5.41, 5.74) is 2.35. The van der Waals surface area contributed by atoms with Crippen LogP contribution in [0.3, 0.4) is 0 Å². The molecule has 34 heavy (non-hydrogen) atoms. The first kappa shape index (κ1) is 25.3. The Hall–Kier alpha value is -3.32. The Balaban J connectivity index is 2.16. The number of aliphatic hydroxyl groups excluding tert-OH is 1. The molecule has 0 radical (unpaired) electrons. The first-order valence-corrected chi connectivity index (χ1v) is 11.4. The Kier molecular flexibility index (Phi) is 7.36. The van der Waals surface area contributed by atoms with E-state index in [0.29, 0.717) is 30.2 Å². The van der Waals surface area contributed by atoms with Gasteiger partial charge in [0.15, 0.2) is 11.5 Å². The predicted octanol–water partition coefficient (Wildman–Crippen LogP) is 2.57. The van der Waals surface area contributed by atoms with Gasteiger partial charge in [-0.15, -0.1) is 0 Å². The largest absolute Gasteiger partial charge is 0.507 e. The van der Waals surface area contributed by atoms with E-state index in [1.807, 2.05) is 38.4 Å². The molecule has 1 aliphatic rings. The third-order valence-corrected chi connectivity index (χ3v) is 6.14. The van der Waals surface area contributed by atoms with Crippen LogP contribution in [0.15, 0.2) is 48.0 Å². The molecule has 1 aliphatic heterocycles. The predicted molar refractivity (Wildman–Crippen MR) is 131 cm³/mol. The van der Waals surface area contributed by atoms with Crippen molar-refractivity contribution in [2.24, 2.45) is 0 Å². The molecule has 1 amide bonds. The van der Waals surface area contributed by atoms with Crippen LogP contribution in [0, 0.1) is 0 Å². The van der Waals surface area contributed by atoms with Crippen molar-refractivity contribution in [3.8, 4) is 11.5 Å². The van der Waals surface area contributed by atoms with Crippen LogP contribution >= 0.6 is 0 Å². The smallest absolute Gasteiger partial charge is 0.295 e. The molecule has 1 heterocycles. The highest BCUT2D eigenvalue weighted by molar-refractivity contribution is 6.46. The van der Waals surface area contributed by atoms with Gasteiger partial charge in [-0.3, -0.25) is 9.59 Å². The third-order valence-electron chi connectivity index (χ3n) is 6.14. The number of rotatable bonds is 7. The number of benzene rings is 2. The molecule has 7 nitrogen and oxygen atoms in total. The summed E-state index contributed by atoms with van der Waals surface area (Å²) in [6, 6.07) is 12.1. The van der Waals surface area contributed by atoms with Gasteiger partial charge in [0.2, 0.25) is 0 Å². The number of likely N-dealkylation sites (tertiary alicyclic amines) is 1. The van der Waals surface area contributed by atoms with Gasteiger partial charge in [0.05, 0.1) is 53.0 Å². The second-order valence-corrected chi connectivity index (χ2v) is 9.89. The molecule has 0 aliphatic carbocycles. The van der Waals surface area contributed by atoms with E-state index in [1.165, 1.54) is 14.2 Å². The second kappa shape index (κ2) is 9.89. The SMILES string of the molecule is COc1ccc(C(O)=C2C(=O)C(=O)N(CC[NH+](C)C)[C@H]2c2ccc(C(C)(C)C)cc2)cc1OC. The van der Waals surface area contributed by atoms with E-state index in [2.05, 4.69) is 20.8 Å². The van der Waals surface area contributed by atoms with Gasteiger partial charge < -0.3 is 24.4 Å². The van der Waals surface area contributed by atoms with E-state index in [1.54, 1.807) is 23.1 Å². The van der Waals surface area contributed by atoms with E-state index < -0.39 is 17.7 Å². The van der Waals surface area contributed by atoms with Crippen molar-refractivity contribution >= 4 is 17.4 Å². The van der Waals surface area contributed by atoms with E-state index in [4.69, 9.17) is 9.47 Å². The number of hydrogen-bond donors (Lipinski definition) is 2. The Labute approximate surface area is 201 Å². The van der Waals surface area contributed by atoms with Crippen LogP contribution in [0.4, 0.5) is 0 Å². The van der Waals surface area contributed by atoms with Crippen molar-refractivity contribution in [1.82, 2.24) is 4.90 Å². The number of ether oxygens (including phenoxy) is 2. The van der Waals surface area contributed by atoms with Gasteiger partial charge in [0.1, 0.15) is 5.76 Å². The highest BCUT2D eigenvalue weighted by atomic mass is 16.5. The van der Waals surface area contributed by atoms with Gasteiger partial charge >= 0.3 is 0 Å². The molecule has 0 spiro atoms. The summed E-state index contributed by atoms with van der Waals surface area (Å²) in [5, 5.41) is 11.3. The summed E-state index contributed by atoms with van der Waals surface area (Å²) < 4.78 is 10.6. The number of Topliss-reactive ketones (excluding diaryl/α,β-unsaturated/α-hetero) is 1. The number of likely N-dealkylation sites (N-methyl/N-ethyl adjacent to an activating group) is 1. The normalized spacial score (nSPS) is 18.0. The number of nitrogens with one attached hydrogen (secondary N) is 1. The molecule has 1 fully saturated rings. The number of ketones is 1. The minimum Gasteiger partial charge on any atom is -0.507 e. The molecule has 0 unspecified atom stereocenters. The molecular weight excluding hydrogens is 432 g/mol. The zero-order valence-electron chi connectivity index (χ0n) is 21.1. The van der Waals surface area contributed by atoms with Gasteiger partial charge in [-0.2, -0.15) is 0 Å². The first-order valence-electron chi connectivity index (χ1n) is 11.4. The highest BCUT2D eigenvalue weighted by Gasteiger charge is 2.46. The zero-order valence-corrected chi connectivity index (χ0v) is 21.1. The summed E-state index contributed by atoms with van der Waals surface area (Å²) in [6.45, 7) is 7.45. The quantitative estimate of drug-likeness (QED) is 0.372. The van der Waals surface area contributed by atoms with Crippen molar-refractivity contribution in [2.45, 2.75) is 32.2 Å². The molecule has 7 heteroatoms. The number of quaternary nitrogens is 1. The number of hydrogen-bond acceptors (Lipinski definition) is 5. The lowest BCUT2D eigenvalue weighted by molar-refractivity contribution is -0.857. The lowest BCUT2D eigenvalue weighted by atomic mass is 9.85. The van der Waals surface area contributed by atoms with Gasteiger partial charge in [-0.05, 0) is 34.7 Å². The van der Waals surface area contributed by atoms with E-state index >= 15 is 0 Å². The molecule has 1 saturated heterocycles. The monoisotopic (exact) mass is 467 g/mol. The van der Waals surface area contributed by atoms with Gasteiger partial charge in [-0.1, -0.05) is 45.0 Å². The Morgan fingerprint density at radius 1 is 1.00 bits per heavy atom. The molecule has 0 bridgehead atoms. The molecule has 1 atom stereocenters. The van der Waals surface area contributed by atoms with Crippen molar-refractivity contribution in [3.63, 3.8) is 0 Å². The fourth-order valence-corrected chi connectivity index (χ4v) is 4.11. The molecule has 0 saturated carbocycles. The second-order valence-electron chi connectivity index (χ2n) is 9.89. The lowest BCUT2D eigenvalue weighted by Crippen LogP contribution is -3.06. The fourth-order valence-electron chi connectivity index (χ4n) is 4.11. The molecule has 2 aromatic carbocycles. The first-order chi connectivity index (χ1) is 16.0. The summed E-state index contributed by atoms with van der Waals surface area (Å²) in [7, 11) is 7.01. The van der Waals surface area contributed by atoms with Gasteiger partial charge in [-0.25, -0.2) is 0 Å². The molecule has 0 aromatic heterocycles. The number of carbonyl (C=O) groups excluding carboxylic acids is 2. The summed E-state index contributed by atoms with van der Waals surface area (Å²) in [5.74, 6) is -0.603. The maximum atomic E-state index is 13.2. The molecule has 3 rings (SSSR count). The average Bonchev–Trinajstić information content (AvgIpc) is 3.06. The van der Waals surface area contributed by atoms with E-state index in [9.17, 15) is 14.7 Å². The molecule has 182 valence electrons. The van der Waals surface area contributed by atoms with Crippen LogP contribution in [0.1, 0.15) is 43.5 Å². The van der Waals surface area contributed by atoms with Gasteiger partial charge in [0, 0.05) is 5.56 Å². The Bertz CT molecular complexity index is 1100. The summed E-state index contributed by atoms with van der Waals surface area (Å²) in [6.07, 6.45) is 0. The summed E-state index contributed by atoms with van der Waals surface area (Å²) in [4.78, 5) is 29.0. The van der Waals surface area contributed by atoms with Crippen LogP contribution < -0.4 is 14.4 Å². The Morgan fingerprint density at radius 3 is 2.15 bits per heavy atom. The number of amides is 1. The van der Waals surface area contributed by atoms with Crippen molar-refractivity contribution in [2.75, 3.05) is 41.4 Å². The van der Waals surface area contributed by atoms with E-state index in [0.717, 1.165) is 16.0 Å². The maximum absolute atomic E-state index is 13.2. The van der Waals surface area contributed by atoms with Crippen LogP contribution in [-0.2, 0) is 15.0 Å². The number of aliphatic hydroxyl groups is 1. The lowest BCUT2D eigenvalue weighted by Gasteiger charge is -2.26.